The van der Waals surface area contributed by atoms with Gasteiger partial charge in [0.15, 0.2) is 0 Å². The summed E-state index contributed by atoms with van der Waals surface area (Å²) >= 11 is 0. The van der Waals surface area contributed by atoms with Gasteiger partial charge in [0.05, 0.1) is 0 Å². The molecule has 4 heavy (non-hydrogen) atoms. The van der Waals surface area contributed by atoms with E-state index in [0.717, 1.165) is 0 Å². The van der Waals surface area contributed by atoms with Crippen LogP contribution in [0.2, 0.25) is 0 Å². The molecule has 0 atom stereocenters. The van der Waals surface area contributed by atoms with Crippen molar-refractivity contribution < 1.29 is 23.7 Å². The fraction of sp³-hybridized carbons (Fsp3) is 0. The number of hydrogen-bond donors (Lipinski definition) is 0. The Kier molecular flexibility index (Phi) is 24.7. The molecule has 0 bridgehead atoms. The molecule has 0 aliphatic heterocycles. The van der Waals surface area contributed by atoms with Gasteiger partial charge in [0, 0.05) is 0 Å². The van der Waals surface area contributed by atoms with E-state index in [1.807, 2.05) is 0 Å². The van der Waals surface area contributed by atoms with Gasteiger partial charge >= 0.3 is 18.9 Å². The number of hydrogen-bond acceptors (Lipinski definition) is 1. The van der Waals surface area contributed by atoms with Crippen molar-refractivity contribution in [2.24, 2.45) is 0 Å². The zero-order chi connectivity index (χ0) is 2.71. The molecule has 1 nitrogen and oxygen atoms in total. The molecule has 0 amide bonds. The van der Waals surface area contributed by atoms with Crippen LogP contribution in [-0.4, -0.2) is 6.29 Å². The normalized spacial score (nSPS) is 3.00. The molecule has 0 aromatic carbocycles. The largest absolute Gasteiger partial charge is 1.00 e. The molecule has 0 unspecified atom stereocenters. The summed E-state index contributed by atoms with van der Waals surface area (Å²) in [6, 6.07) is 0. The van der Waals surface area contributed by atoms with Gasteiger partial charge in [0.2, 0.25) is 0 Å². The molecule has 18 valence electrons. The van der Waals surface area contributed by atoms with Crippen LogP contribution in [0.15, 0.2) is 0 Å². The summed E-state index contributed by atoms with van der Waals surface area (Å²) in [6.07, 6.45) is 0.500. The van der Waals surface area contributed by atoms with Crippen LogP contribution in [-0.2, 0) is 4.79 Å². The van der Waals surface area contributed by atoms with Crippen LogP contribution in [0.1, 0.15) is 0 Å². The van der Waals surface area contributed by atoms with Crippen LogP contribution in [0, 0.1) is 6.92 Å². The van der Waals surface area contributed by atoms with Crippen molar-refractivity contribution in [3.05, 3.63) is 6.92 Å². The third kappa shape index (κ3) is 146. The summed E-state index contributed by atoms with van der Waals surface area (Å²) in [5.41, 5.74) is 0. The van der Waals surface area contributed by atoms with E-state index in [9.17, 15) is 0 Å². The average Bonchev–Trinajstić information content (AvgIpc) is 0.918. The minimum absolute atomic E-state index is 0. The molecule has 0 aromatic rings. The maximum atomic E-state index is 8.69. The Morgan fingerprint density at radius 3 is 1.75 bits per heavy atom. The summed E-state index contributed by atoms with van der Waals surface area (Å²) in [6.45, 7) is 2.81. The van der Waals surface area contributed by atoms with Crippen molar-refractivity contribution in [1.82, 2.24) is 0 Å². The Labute approximate surface area is 37.6 Å². The predicted molar refractivity (Wildman–Crippen MR) is 11.4 cm³/mol. The van der Waals surface area contributed by atoms with Crippen molar-refractivity contribution in [2.45, 2.75) is 0 Å². The van der Waals surface area contributed by atoms with Gasteiger partial charge in [0.25, 0.3) is 0 Å². The summed E-state index contributed by atoms with van der Waals surface area (Å²) < 4.78 is 0. The van der Waals surface area contributed by atoms with Crippen LogP contribution < -0.4 is 18.9 Å². The molecule has 0 saturated carbocycles. The molecule has 0 heterocycles. The number of carbonyl (C=O) groups is 1. The Bertz CT molecular complexity index is 13.5. The molecule has 0 aliphatic carbocycles. The minimum Gasteiger partial charge on any atom is -0.343 e. The Morgan fingerprint density at radius 2 is 1.75 bits per heavy atom. The Morgan fingerprint density at radius 1 is 1.75 bits per heavy atom. The van der Waals surface area contributed by atoms with Crippen LogP contribution >= 0.6 is 0 Å². The molecular formula is C2H3LiO. The van der Waals surface area contributed by atoms with Crippen LogP contribution in [0.3, 0.4) is 0 Å². The van der Waals surface area contributed by atoms with Gasteiger partial charge in [-0.25, -0.2) is 0 Å². The summed E-state index contributed by atoms with van der Waals surface area (Å²) in [5.74, 6) is 0. The van der Waals surface area contributed by atoms with E-state index >= 15 is 0 Å². The summed E-state index contributed by atoms with van der Waals surface area (Å²) in [5, 5.41) is 0. The van der Waals surface area contributed by atoms with Crippen molar-refractivity contribution in [2.75, 3.05) is 0 Å². The van der Waals surface area contributed by atoms with Gasteiger partial charge in [-0.3, -0.25) is 0 Å². The standard InChI is InChI=1S/C2H3O.Li/c1-2-3;/h2H,1H2;/q-1;+1. The summed E-state index contributed by atoms with van der Waals surface area (Å²) in [4.78, 5) is 8.69. The van der Waals surface area contributed by atoms with E-state index in [-0.39, 0.29) is 18.9 Å². The van der Waals surface area contributed by atoms with Gasteiger partial charge in [-0.2, -0.15) is 0 Å². The molecule has 0 rings (SSSR count). The molecule has 0 saturated heterocycles. The zero-order valence-electron chi connectivity index (χ0n) is 2.69. The Hall–Kier alpha value is 0.137. The van der Waals surface area contributed by atoms with E-state index in [4.69, 9.17) is 4.79 Å². The Balaban J connectivity index is 0. The van der Waals surface area contributed by atoms with E-state index in [1.165, 1.54) is 0 Å². The molecule has 0 radical (unpaired) electrons. The topological polar surface area (TPSA) is 17.1 Å². The summed E-state index contributed by atoms with van der Waals surface area (Å²) in [7, 11) is 0. The van der Waals surface area contributed by atoms with E-state index < -0.39 is 0 Å². The van der Waals surface area contributed by atoms with E-state index in [2.05, 4.69) is 6.92 Å². The average molecular weight is 50.0 g/mol. The first-order valence-electron chi connectivity index (χ1n) is 0.644. The second-order valence-corrected chi connectivity index (χ2v) is 0.167. The first kappa shape index (κ1) is 8.91. The molecule has 0 aromatic heterocycles. The molecule has 0 spiro atoms. The SMILES string of the molecule is [CH2-]C=O.[Li+]. The fourth-order valence-electron chi connectivity index (χ4n) is 0. The van der Waals surface area contributed by atoms with E-state index in [0.29, 0.717) is 6.29 Å². The number of aldehydes is 1. The maximum Gasteiger partial charge on any atom is 1.00 e. The fourth-order valence-corrected chi connectivity index (χ4v) is 0. The third-order valence-corrected chi connectivity index (χ3v) is 0. The smallest absolute Gasteiger partial charge is 0.343 e. The molecular weight excluding hydrogens is 47.0 g/mol. The first-order chi connectivity index (χ1) is 1.41. The van der Waals surface area contributed by atoms with Crippen molar-refractivity contribution >= 4 is 6.29 Å². The second-order valence-electron chi connectivity index (χ2n) is 0.167. The number of carbonyl (C=O) groups excluding carboxylic acids is 1. The maximum absolute atomic E-state index is 8.69. The van der Waals surface area contributed by atoms with Crippen molar-refractivity contribution in [1.29, 1.82) is 0 Å². The van der Waals surface area contributed by atoms with Gasteiger partial charge in [0.1, 0.15) is 0 Å². The zero-order valence-corrected chi connectivity index (χ0v) is 2.69. The van der Waals surface area contributed by atoms with Gasteiger partial charge in [-0.15, -0.1) is 0 Å². The third-order valence-electron chi connectivity index (χ3n) is 0. The minimum atomic E-state index is 0. The molecule has 0 fully saturated rings. The van der Waals surface area contributed by atoms with Gasteiger partial charge < -0.3 is 11.7 Å². The van der Waals surface area contributed by atoms with Crippen LogP contribution in [0.5, 0.6) is 0 Å². The molecule has 0 N–H and O–H groups in total. The van der Waals surface area contributed by atoms with Gasteiger partial charge in [-0.05, 0) is 6.29 Å². The second kappa shape index (κ2) is 11.1. The number of rotatable bonds is 0. The monoisotopic (exact) mass is 50.0 g/mol. The van der Waals surface area contributed by atoms with Crippen molar-refractivity contribution in [3.8, 4) is 0 Å². The van der Waals surface area contributed by atoms with E-state index in [1.54, 1.807) is 0 Å². The molecule has 2 heteroatoms. The van der Waals surface area contributed by atoms with Crippen LogP contribution in [0.25, 0.3) is 0 Å². The predicted octanol–water partition coefficient (Wildman–Crippen LogP) is -2.98. The molecule has 0 aliphatic rings. The van der Waals surface area contributed by atoms with Crippen molar-refractivity contribution in [3.63, 3.8) is 0 Å². The van der Waals surface area contributed by atoms with Crippen LogP contribution in [0.4, 0.5) is 0 Å². The quantitative estimate of drug-likeness (QED) is 0.163. The first-order valence-corrected chi connectivity index (χ1v) is 0.644. The van der Waals surface area contributed by atoms with Gasteiger partial charge in [-0.1, -0.05) is 0 Å².